The van der Waals surface area contributed by atoms with E-state index in [0.29, 0.717) is 0 Å². The molecular weight excluding hydrogens is 473 g/mol. The number of benzene rings is 2. The van der Waals surface area contributed by atoms with Crippen LogP contribution in [0.1, 0.15) is 25.1 Å². The zero-order valence-corrected chi connectivity index (χ0v) is 18.6. The number of aromatic nitrogens is 2. The van der Waals surface area contributed by atoms with Crippen molar-refractivity contribution in [2.75, 3.05) is 10.5 Å². The molecule has 176 valence electrons. The Morgan fingerprint density at radius 3 is 2.32 bits per heavy atom. The summed E-state index contributed by atoms with van der Waals surface area (Å²) in [5, 5.41) is 0. The second-order valence-corrected chi connectivity index (χ2v) is 9.39. The highest BCUT2D eigenvalue weighted by Gasteiger charge is 2.44. The lowest BCUT2D eigenvalue weighted by Crippen LogP contribution is -2.29. The molecule has 1 aliphatic rings. The van der Waals surface area contributed by atoms with Crippen LogP contribution in [-0.2, 0) is 19.6 Å². The summed E-state index contributed by atoms with van der Waals surface area (Å²) >= 11 is 0. The van der Waals surface area contributed by atoms with Crippen LogP contribution in [0, 0.1) is 17.5 Å². The van der Waals surface area contributed by atoms with Crippen LogP contribution in [0.2, 0.25) is 0 Å². The standard InChI is InChI=1S/C22H17F3N4O4S/c1-22(2)20(30)16(18(33-22)15-9-10-27-21(26)28-15)11-5-3-8-14(17(11)25)29-34(31,32)19-12(23)6-4-7-13(19)24/h3-10,29H,1-2H3,(H2,26,27,28). The number of hydrogen-bond acceptors (Lipinski definition) is 7. The van der Waals surface area contributed by atoms with Crippen LogP contribution < -0.4 is 10.5 Å². The topological polar surface area (TPSA) is 124 Å². The van der Waals surface area contributed by atoms with E-state index in [2.05, 4.69) is 9.97 Å². The number of nitrogen functional groups attached to an aromatic ring is 1. The van der Waals surface area contributed by atoms with Crippen molar-refractivity contribution in [3.05, 3.63) is 77.4 Å². The van der Waals surface area contributed by atoms with Gasteiger partial charge in [-0.05, 0) is 38.1 Å². The van der Waals surface area contributed by atoms with E-state index in [9.17, 15) is 22.0 Å². The first-order chi connectivity index (χ1) is 15.9. The molecule has 0 aliphatic carbocycles. The first-order valence-corrected chi connectivity index (χ1v) is 11.2. The van der Waals surface area contributed by atoms with Crippen molar-refractivity contribution in [2.24, 2.45) is 0 Å². The number of ether oxygens (including phenoxy) is 1. The molecule has 0 radical (unpaired) electrons. The Hall–Kier alpha value is -3.93. The van der Waals surface area contributed by atoms with Crippen LogP contribution in [0.25, 0.3) is 11.3 Å². The molecule has 0 amide bonds. The van der Waals surface area contributed by atoms with Crippen molar-refractivity contribution in [1.82, 2.24) is 9.97 Å². The second kappa shape index (κ2) is 8.13. The number of sulfonamides is 1. The number of carbonyl (C=O) groups is 1. The van der Waals surface area contributed by atoms with E-state index < -0.39 is 49.4 Å². The molecule has 0 saturated carbocycles. The minimum atomic E-state index is -4.85. The number of nitrogens with zero attached hydrogens (tertiary/aromatic N) is 2. The Morgan fingerprint density at radius 2 is 1.68 bits per heavy atom. The summed E-state index contributed by atoms with van der Waals surface area (Å²) in [5.74, 6) is -4.65. The number of nitrogens with two attached hydrogens (primary N) is 1. The fourth-order valence-corrected chi connectivity index (χ4v) is 4.62. The summed E-state index contributed by atoms with van der Waals surface area (Å²) in [6, 6.07) is 7.46. The largest absolute Gasteiger partial charge is 0.477 e. The molecule has 0 saturated heterocycles. The van der Waals surface area contributed by atoms with Crippen LogP contribution in [0.4, 0.5) is 24.8 Å². The van der Waals surface area contributed by atoms with Crippen molar-refractivity contribution in [3.63, 3.8) is 0 Å². The SMILES string of the molecule is CC1(C)OC(c2ccnc(N)n2)=C(c2cccc(NS(=O)(=O)c3c(F)cccc3F)c2F)C1=O. The molecule has 12 heteroatoms. The zero-order valence-electron chi connectivity index (χ0n) is 17.8. The van der Waals surface area contributed by atoms with Gasteiger partial charge in [0.05, 0.1) is 11.3 Å². The molecule has 3 aromatic rings. The lowest BCUT2D eigenvalue weighted by molar-refractivity contribution is -0.125. The fraction of sp³-hybridized carbons (Fsp3) is 0.136. The molecule has 34 heavy (non-hydrogen) atoms. The molecule has 2 heterocycles. The summed E-state index contributed by atoms with van der Waals surface area (Å²) < 4.78 is 76.5. The monoisotopic (exact) mass is 490 g/mol. The summed E-state index contributed by atoms with van der Waals surface area (Å²) in [6.45, 7) is 2.94. The third-order valence-electron chi connectivity index (χ3n) is 4.97. The van der Waals surface area contributed by atoms with Gasteiger partial charge in [0.25, 0.3) is 10.0 Å². The van der Waals surface area contributed by atoms with Gasteiger partial charge in [0.1, 0.15) is 17.3 Å². The Bertz CT molecular complexity index is 1450. The fourth-order valence-electron chi connectivity index (χ4n) is 3.42. The summed E-state index contributed by atoms with van der Waals surface area (Å²) in [5.41, 5.74) is 3.19. The van der Waals surface area contributed by atoms with Crippen molar-refractivity contribution >= 4 is 38.8 Å². The lowest BCUT2D eigenvalue weighted by atomic mass is 9.92. The Balaban J connectivity index is 1.85. The van der Waals surface area contributed by atoms with Gasteiger partial charge in [-0.25, -0.2) is 31.6 Å². The number of anilines is 2. The summed E-state index contributed by atoms with van der Waals surface area (Å²) in [4.78, 5) is 19.6. The normalized spacial score (nSPS) is 15.4. The second-order valence-electron chi connectivity index (χ2n) is 7.77. The van der Waals surface area contributed by atoms with Crippen LogP contribution in [-0.4, -0.2) is 29.8 Å². The maximum absolute atomic E-state index is 15.6. The first kappa shape index (κ1) is 23.2. The minimum Gasteiger partial charge on any atom is -0.477 e. The predicted molar refractivity (Wildman–Crippen MR) is 117 cm³/mol. The highest BCUT2D eigenvalue weighted by molar-refractivity contribution is 7.92. The summed E-state index contributed by atoms with van der Waals surface area (Å²) in [7, 11) is -4.85. The van der Waals surface area contributed by atoms with E-state index in [0.717, 1.165) is 24.3 Å². The van der Waals surface area contributed by atoms with Gasteiger partial charge in [-0.2, -0.15) is 0 Å². The molecule has 8 nitrogen and oxygen atoms in total. The number of ketones is 1. The number of nitrogens with one attached hydrogen (secondary N) is 1. The average Bonchev–Trinajstić information content (AvgIpc) is 2.98. The van der Waals surface area contributed by atoms with Gasteiger partial charge in [-0.15, -0.1) is 0 Å². The third kappa shape index (κ3) is 3.96. The van der Waals surface area contributed by atoms with E-state index in [-0.39, 0.29) is 28.5 Å². The molecule has 0 unspecified atom stereocenters. The number of Topliss-reactive ketones (excluding diaryl/α,β-unsaturated/α-hetero) is 1. The minimum absolute atomic E-state index is 0.0804. The first-order valence-electron chi connectivity index (χ1n) is 9.75. The van der Waals surface area contributed by atoms with Gasteiger partial charge < -0.3 is 10.5 Å². The molecule has 3 N–H and O–H groups in total. The van der Waals surface area contributed by atoms with Crippen LogP contribution in [0.3, 0.4) is 0 Å². The zero-order chi connectivity index (χ0) is 24.8. The van der Waals surface area contributed by atoms with E-state index in [1.54, 1.807) is 0 Å². The molecule has 0 spiro atoms. The maximum Gasteiger partial charge on any atom is 0.267 e. The number of hydrogen-bond donors (Lipinski definition) is 2. The Morgan fingerprint density at radius 1 is 1.03 bits per heavy atom. The van der Waals surface area contributed by atoms with E-state index >= 15 is 4.39 Å². The van der Waals surface area contributed by atoms with E-state index in [4.69, 9.17) is 10.5 Å². The quantitative estimate of drug-likeness (QED) is 0.561. The van der Waals surface area contributed by atoms with Crippen molar-refractivity contribution < 1.29 is 31.1 Å². The Kier molecular flexibility index (Phi) is 5.56. The molecule has 1 aromatic heterocycles. The number of carbonyl (C=O) groups excluding carboxylic acids is 1. The average molecular weight is 490 g/mol. The van der Waals surface area contributed by atoms with Gasteiger partial charge in [0, 0.05) is 11.8 Å². The molecule has 0 bridgehead atoms. The predicted octanol–water partition coefficient (Wildman–Crippen LogP) is 3.52. The molecule has 0 atom stereocenters. The number of rotatable bonds is 5. The van der Waals surface area contributed by atoms with Gasteiger partial charge in [-0.3, -0.25) is 9.52 Å². The summed E-state index contributed by atoms with van der Waals surface area (Å²) in [6.07, 6.45) is 1.32. The van der Waals surface area contributed by atoms with Crippen LogP contribution >= 0.6 is 0 Å². The number of halogens is 3. The van der Waals surface area contributed by atoms with Gasteiger partial charge in [-0.1, -0.05) is 18.2 Å². The third-order valence-corrected chi connectivity index (χ3v) is 6.38. The van der Waals surface area contributed by atoms with E-state index in [1.165, 1.54) is 38.2 Å². The Labute approximate surface area is 192 Å². The molecule has 0 fully saturated rings. The molecule has 4 rings (SSSR count). The smallest absolute Gasteiger partial charge is 0.267 e. The molecule has 1 aliphatic heterocycles. The van der Waals surface area contributed by atoms with Crippen LogP contribution in [0.5, 0.6) is 0 Å². The highest BCUT2D eigenvalue weighted by Crippen LogP contribution is 2.42. The van der Waals surface area contributed by atoms with Crippen molar-refractivity contribution in [2.45, 2.75) is 24.3 Å². The van der Waals surface area contributed by atoms with Crippen LogP contribution in [0.15, 0.2) is 53.6 Å². The van der Waals surface area contributed by atoms with Gasteiger partial charge in [0.2, 0.25) is 11.7 Å². The highest BCUT2D eigenvalue weighted by atomic mass is 32.2. The van der Waals surface area contributed by atoms with Crippen molar-refractivity contribution in [3.8, 4) is 0 Å². The maximum atomic E-state index is 15.6. The van der Waals surface area contributed by atoms with Crippen molar-refractivity contribution in [1.29, 1.82) is 0 Å². The lowest BCUT2D eigenvalue weighted by Gasteiger charge is -2.17. The molecular formula is C22H17F3N4O4S. The van der Waals surface area contributed by atoms with Gasteiger partial charge in [0.15, 0.2) is 22.1 Å². The van der Waals surface area contributed by atoms with Gasteiger partial charge >= 0.3 is 0 Å². The molecule has 2 aromatic carbocycles. The van der Waals surface area contributed by atoms with E-state index in [1.807, 2.05) is 4.72 Å².